The minimum atomic E-state index is -1.25. The summed E-state index contributed by atoms with van der Waals surface area (Å²) in [6, 6.07) is 0.967. The molecule has 0 spiro atoms. The van der Waals surface area contributed by atoms with E-state index >= 15 is 0 Å². The molecule has 0 radical (unpaired) electrons. The lowest BCUT2D eigenvalue weighted by atomic mass is 10.0. The highest BCUT2D eigenvalue weighted by molar-refractivity contribution is 8.00. The van der Waals surface area contributed by atoms with Crippen LogP contribution >= 0.6 is 11.8 Å². The van der Waals surface area contributed by atoms with Crippen LogP contribution in [-0.2, 0) is 19.1 Å². The average Bonchev–Trinajstić information content (AvgIpc) is 2.49. The largest absolute Gasteiger partial charge is 0.498 e. The Morgan fingerprint density at radius 2 is 2.29 bits per heavy atom. The van der Waals surface area contributed by atoms with Gasteiger partial charge >= 0.3 is 5.97 Å². The summed E-state index contributed by atoms with van der Waals surface area (Å²) in [5.74, 6) is -2.67. The normalized spacial score (nSPS) is 25.4. The lowest BCUT2D eigenvalue weighted by Gasteiger charge is -2.49. The van der Waals surface area contributed by atoms with Crippen molar-refractivity contribution in [1.82, 2.24) is 10.2 Å². The first-order valence-electron chi connectivity index (χ1n) is 6.07. The number of β-lactam (4-membered cyclic amide) rings is 1. The Bertz CT molecular complexity index is 582. The Morgan fingerprint density at radius 3 is 2.81 bits per heavy atom. The summed E-state index contributed by atoms with van der Waals surface area (Å²) in [6.45, 7) is 1.43. The first-order valence-corrected chi connectivity index (χ1v) is 7.12. The summed E-state index contributed by atoms with van der Waals surface area (Å²) in [7, 11) is 1.34. The number of nitriles is 1. The molecule has 0 aromatic carbocycles. The molecule has 112 valence electrons. The number of hydrogen-bond acceptors (Lipinski definition) is 6. The van der Waals surface area contributed by atoms with Gasteiger partial charge in [-0.05, 0) is 6.92 Å². The summed E-state index contributed by atoms with van der Waals surface area (Å²) in [5, 5.41) is 19.9. The predicted octanol–water partition coefficient (Wildman–Crippen LogP) is -0.511. The standard InChI is InChI=1S/C12H13N3O5S/c1-5(3-13)9(16)14-7-10(17)15-8(12(18)19)6(20-2)4-21-11(7)15/h5,7,11H,4H2,1-2H3,(H,14,16)(H,18,19)/t5?,7-,11+/m1/s1. The second kappa shape index (κ2) is 5.65. The van der Waals surface area contributed by atoms with E-state index in [1.807, 2.05) is 0 Å². The Morgan fingerprint density at radius 1 is 1.62 bits per heavy atom. The van der Waals surface area contributed by atoms with E-state index in [1.54, 1.807) is 6.07 Å². The van der Waals surface area contributed by atoms with Crippen LogP contribution in [0.5, 0.6) is 0 Å². The zero-order chi connectivity index (χ0) is 15.7. The number of amides is 2. The van der Waals surface area contributed by atoms with Crippen molar-refractivity contribution in [1.29, 1.82) is 5.26 Å². The molecule has 2 heterocycles. The molecule has 3 atom stereocenters. The number of thioether (sulfide) groups is 1. The highest BCUT2D eigenvalue weighted by Crippen LogP contribution is 2.40. The number of carbonyl (C=O) groups excluding carboxylic acids is 2. The van der Waals surface area contributed by atoms with Gasteiger partial charge in [0.15, 0.2) is 5.70 Å². The second-order valence-electron chi connectivity index (χ2n) is 4.53. The first-order chi connectivity index (χ1) is 9.92. The van der Waals surface area contributed by atoms with E-state index in [2.05, 4.69) is 5.32 Å². The molecule has 0 bridgehead atoms. The third-order valence-electron chi connectivity index (χ3n) is 3.27. The van der Waals surface area contributed by atoms with Crippen LogP contribution in [0, 0.1) is 17.2 Å². The van der Waals surface area contributed by atoms with Crippen LogP contribution in [0.1, 0.15) is 6.92 Å². The van der Waals surface area contributed by atoms with Crippen LogP contribution in [0.15, 0.2) is 11.5 Å². The molecule has 1 fully saturated rings. The van der Waals surface area contributed by atoms with E-state index in [9.17, 15) is 19.5 Å². The van der Waals surface area contributed by atoms with Crippen LogP contribution in [0.25, 0.3) is 0 Å². The minimum Gasteiger partial charge on any atom is -0.498 e. The number of carboxylic acids is 1. The fraction of sp³-hybridized carbons (Fsp3) is 0.500. The van der Waals surface area contributed by atoms with Crippen LogP contribution in [-0.4, -0.2) is 52.1 Å². The van der Waals surface area contributed by atoms with Crippen molar-refractivity contribution in [3.8, 4) is 6.07 Å². The van der Waals surface area contributed by atoms with E-state index in [0.29, 0.717) is 5.75 Å². The number of carboxylic acid groups (broad SMARTS) is 1. The third kappa shape index (κ3) is 2.42. The summed E-state index contributed by atoms with van der Waals surface area (Å²) >= 11 is 1.30. The first kappa shape index (κ1) is 15.2. The van der Waals surface area contributed by atoms with Crippen LogP contribution in [0.3, 0.4) is 0 Å². The smallest absolute Gasteiger partial charge is 0.356 e. The minimum absolute atomic E-state index is 0.190. The SMILES string of the molecule is COC1=C(C(=O)O)N2C(=O)[C@@H](NC(=O)C(C)C#N)[C@@H]2SC1. The number of nitrogens with one attached hydrogen (secondary N) is 1. The number of rotatable bonds is 4. The molecule has 0 aromatic heterocycles. The Labute approximate surface area is 124 Å². The van der Waals surface area contributed by atoms with E-state index in [0.717, 1.165) is 4.90 Å². The van der Waals surface area contributed by atoms with Gasteiger partial charge in [0.25, 0.3) is 5.91 Å². The number of ether oxygens (including phenoxy) is 1. The molecule has 21 heavy (non-hydrogen) atoms. The van der Waals surface area contributed by atoms with Gasteiger partial charge in [-0.25, -0.2) is 4.79 Å². The molecule has 1 unspecified atom stereocenters. The zero-order valence-corrected chi connectivity index (χ0v) is 12.1. The van der Waals surface area contributed by atoms with E-state index < -0.39 is 35.1 Å². The quantitative estimate of drug-likeness (QED) is 0.671. The van der Waals surface area contributed by atoms with Crippen molar-refractivity contribution in [2.45, 2.75) is 18.3 Å². The summed E-state index contributed by atoms with van der Waals surface area (Å²) in [6.07, 6.45) is 0. The van der Waals surface area contributed by atoms with E-state index in [4.69, 9.17) is 10.00 Å². The summed E-state index contributed by atoms with van der Waals surface area (Å²) in [4.78, 5) is 36.1. The van der Waals surface area contributed by atoms with Crippen LogP contribution in [0.2, 0.25) is 0 Å². The molecule has 2 aliphatic heterocycles. The molecule has 9 heteroatoms. The lowest BCUT2D eigenvalue weighted by Crippen LogP contribution is -2.70. The zero-order valence-electron chi connectivity index (χ0n) is 11.3. The molecule has 2 rings (SSSR count). The molecule has 8 nitrogen and oxygen atoms in total. The van der Waals surface area contributed by atoms with Gasteiger partial charge in [0.2, 0.25) is 5.91 Å². The Kier molecular flexibility index (Phi) is 4.09. The maximum Gasteiger partial charge on any atom is 0.356 e. The third-order valence-corrected chi connectivity index (χ3v) is 4.52. The monoisotopic (exact) mass is 311 g/mol. The van der Waals surface area contributed by atoms with Gasteiger partial charge in [-0.1, -0.05) is 0 Å². The highest BCUT2D eigenvalue weighted by atomic mass is 32.2. The van der Waals surface area contributed by atoms with Crippen molar-refractivity contribution in [2.75, 3.05) is 12.9 Å². The van der Waals surface area contributed by atoms with Crippen LogP contribution < -0.4 is 5.32 Å². The van der Waals surface area contributed by atoms with Crippen molar-refractivity contribution in [2.24, 2.45) is 5.92 Å². The van der Waals surface area contributed by atoms with Crippen molar-refractivity contribution in [3.05, 3.63) is 11.5 Å². The molecule has 2 amide bonds. The van der Waals surface area contributed by atoms with Crippen molar-refractivity contribution in [3.63, 3.8) is 0 Å². The average molecular weight is 311 g/mol. The van der Waals surface area contributed by atoms with Gasteiger partial charge in [0, 0.05) is 0 Å². The topological polar surface area (TPSA) is 120 Å². The Hall–Kier alpha value is -2.21. The van der Waals surface area contributed by atoms with Gasteiger partial charge in [-0.3, -0.25) is 14.5 Å². The fourth-order valence-corrected chi connectivity index (χ4v) is 3.40. The number of hydrogen-bond donors (Lipinski definition) is 2. The maximum absolute atomic E-state index is 12.1. The molecule has 0 saturated carbocycles. The predicted molar refractivity (Wildman–Crippen MR) is 71.5 cm³/mol. The van der Waals surface area contributed by atoms with Gasteiger partial charge in [-0.2, -0.15) is 5.26 Å². The lowest BCUT2D eigenvalue weighted by molar-refractivity contribution is -0.151. The fourth-order valence-electron chi connectivity index (χ4n) is 2.08. The molecule has 0 aromatic rings. The van der Waals surface area contributed by atoms with Crippen molar-refractivity contribution < 1.29 is 24.2 Å². The molecule has 2 aliphatic rings. The van der Waals surface area contributed by atoms with Gasteiger partial charge in [0.05, 0.1) is 18.9 Å². The Balaban J connectivity index is 2.17. The van der Waals surface area contributed by atoms with Crippen molar-refractivity contribution >= 4 is 29.5 Å². The molecule has 0 aliphatic carbocycles. The number of aliphatic carboxylic acids is 1. The second-order valence-corrected chi connectivity index (χ2v) is 5.63. The molecular formula is C12H13N3O5S. The van der Waals surface area contributed by atoms with E-state index in [1.165, 1.54) is 25.8 Å². The maximum atomic E-state index is 12.1. The summed E-state index contributed by atoms with van der Waals surface area (Å²) < 4.78 is 4.99. The summed E-state index contributed by atoms with van der Waals surface area (Å²) in [5.41, 5.74) is -0.190. The number of methoxy groups -OCH3 is 1. The van der Waals surface area contributed by atoms with Gasteiger partial charge < -0.3 is 15.2 Å². The molecular weight excluding hydrogens is 298 g/mol. The molecule has 2 N–H and O–H groups in total. The van der Waals surface area contributed by atoms with Gasteiger partial charge in [0.1, 0.15) is 23.1 Å². The number of nitrogens with zero attached hydrogens (tertiary/aromatic N) is 2. The highest BCUT2D eigenvalue weighted by Gasteiger charge is 2.54. The van der Waals surface area contributed by atoms with Gasteiger partial charge in [-0.15, -0.1) is 11.8 Å². The van der Waals surface area contributed by atoms with E-state index in [-0.39, 0.29) is 11.5 Å². The number of fused-ring (bicyclic) bond motifs is 1. The molecule has 1 saturated heterocycles. The van der Waals surface area contributed by atoms with Crippen LogP contribution in [0.4, 0.5) is 0 Å². The number of carbonyl (C=O) groups is 3.